The maximum Gasteiger partial charge on any atom is 0.326 e. The molecule has 2 aromatic rings. The molecule has 1 aliphatic rings. The van der Waals surface area contributed by atoms with Gasteiger partial charge in [-0.15, -0.1) is 0 Å². The van der Waals surface area contributed by atoms with Crippen LogP contribution in [0, 0.1) is 0 Å². The molecule has 0 amide bonds. The number of nitrogens with zero attached hydrogens (tertiary/aromatic N) is 2. The number of fused-ring (bicyclic) bond motifs is 1. The van der Waals surface area contributed by atoms with Gasteiger partial charge in [0.05, 0.1) is 11.0 Å². The van der Waals surface area contributed by atoms with Crippen molar-refractivity contribution in [2.24, 2.45) is 7.05 Å². The Balaban J connectivity index is 2.05. The van der Waals surface area contributed by atoms with Gasteiger partial charge in [-0.1, -0.05) is 0 Å². The summed E-state index contributed by atoms with van der Waals surface area (Å²) in [6.45, 7) is 2.26. The first-order chi connectivity index (χ1) is 8.25. The zero-order chi connectivity index (χ0) is 11.8. The molecular formula is C13H17N3O. The molecular weight excluding hydrogens is 214 g/mol. The Kier molecular flexibility index (Phi) is 2.42. The molecule has 3 rings (SSSR count). The first-order valence-electron chi connectivity index (χ1n) is 6.19. The van der Waals surface area contributed by atoms with Gasteiger partial charge in [-0.2, -0.15) is 0 Å². The lowest BCUT2D eigenvalue weighted by Crippen LogP contribution is -2.29. The number of hydrogen-bond donors (Lipinski definition) is 1. The average Bonchev–Trinajstić information content (AvgIpc) is 2.66. The largest absolute Gasteiger partial charge is 0.371 e. The van der Waals surface area contributed by atoms with Gasteiger partial charge >= 0.3 is 5.69 Å². The molecule has 1 aromatic heterocycles. The smallest absolute Gasteiger partial charge is 0.326 e. The van der Waals surface area contributed by atoms with Crippen molar-refractivity contribution in [3.63, 3.8) is 0 Å². The molecule has 2 heterocycles. The van der Waals surface area contributed by atoms with Gasteiger partial charge in [0, 0.05) is 25.8 Å². The minimum Gasteiger partial charge on any atom is -0.371 e. The van der Waals surface area contributed by atoms with Crippen LogP contribution in [0.1, 0.15) is 19.3 Å². The van der Waals surface area contributed by atoms with Crippen molar-refractivity contribution >= 4 is 16.7 Å². The van der Waals surface area contributed by atoms with Crippen LogP contribution in [-0.4, -0.2) is 22.6 Å². The second-order valence-electron chi connectivity index (χ2n) is 4.74. The summed E-state index contributed by atoms with van der Waals surface area (Å²) in [6, 6.07) is 6.21. The number of nitrogens with one attached hydrogen (secondary N) is 1. The molecule has 17 heavy (non-hydrogen) atoms. The maximum absolute atomic E-state index is 11.5. The molecule has 90 valence electrons. The molecule has 0 bridgehead atoms. The van der Waals surface area contributed by atoms with Gasteiger partial charge in [0.2, 0.25) is 0 Å². The Morgan fingerprint density at radius 2 is 1.94 bits per heavy atom. The van der Waals surface area contributed by atoms with Crippen LogP contribution in [-0.2, 0) is 7.05 Å². The van der Waals surface area contributed by atoms with Crippen LogP contribution < -0.4 is 10.6 Å². The third-order valence-electron chi connectivity index (χ3n) is 3.61. The topological polar surface area (TPSA) is 41.0 Å². The van der Waals surface area contributed by atoms with Crippen LogP contribution in [0.4, 0.5) is 5.69 Å². The first-order valence-corrected chi connectivity index (χ1v) is 6.19. The number of aryl methyl sites for hydroxylation is 1. The van der Waals surface area contributed by atoms with Crippen LogP contribution in [0.25, 0.3) is 11.0 Å². The quantitative estimate of drug-likeness (QED) is 0.813. The highest BCUT2D eigenvalue weighted by molar-refractivity contribution is 5.79. The van der Waals surface area contributed by atoms with Crippen molar-refractivity contribution < 1.29 is 0 Å². The summed E-state index contributed by atoms with van der Waals surface area (Å²) in [5.41, 5.74) is 3.08. The van der Waals surface area contributed by atoms with Gasteiger partial charge in [0.25, 0.3) is 0 Å². The number of anilines is 1. The summed E-state index contributed by atoms with van der Waals surface area (Å²) in [7, 11) is 1.81. The molecule has 1 N–H and O–H groups in total. The molecule has 4 heteroatoms. The summed E-state index contributed by atoms with van der Waals surface area (Å²) < 4.78 is 1.67. The summed E-state index contributed by atoms with van der Waals surface area (Å²) >= 11 is 0. The van der Waals surface area contributed by atoms with Crippen LogP contribution in [0.3, 0.4) is 0 Å². The van der Waals surface area contributed by atoms with E-state index in [1.54, 1.807) is 11.6 Å². The number of benzene rings is 1. The average molecular weight is 231 g/mol. The monoisotopic (exact) mass is 231 g/mol. The van der Waals surface area contributed by atoms with E-state index in [0.717, 1.165) is 24.1 Å². The molecule has 1 aromatic carbocycles. The zero-order valence-corrected chi connectivity index (χ0v) is 10.1. The lowest BCUT2D eigenvalue weighted by molar-refractivity contribution is 0.578. The van der Waals surface area contributed by atoms with Gasteiger partial charge in [-0.05, 0) is 37.5 Å². The van der Waals surface area contributed by atoms with E-state index in [2.05, 4.69) is 22.0 Å². The Labute approximate surface area is 99.9 Å². The van der Waals surface area contributed by atoms with Crippen LogP contribution in [0.15, 0.2) is 23.0 Å². The van der Waals surface area contributed by atoms with E-state index in [4.69, 9.17) is 0 Å². The standard InChI is InChI=1S/C13H17N3O/c1-15-12-9-10(16-7-3-2-4-8-16)5-6-11(12)14-13(15)17/h5-6,9H,2-4,7-8H2,1H3,(H,14,17). The maximum atomic E-state index is 11.5. The van der Waals surface area contributed by atoms with E-state index in [9.17, 15) is 4.79 Å². The van der Waals surface area contributed by atoms with Crippen LogP contribution in [0.5, 0.6) is 0 Å². The Morgan fingerprint density at radius 1 is 1.18 bits per heavy atom. The lowest BCUT2D eigenvalue weighted by Gasteiger charge is -2.28. The molecule has 1 aliphatic heterocycles. The highest BCUT2D eigenvalue weighted by atomic mass is 16.1. The van der Waals surface area contributed by atoms with Crippen molar-refractivity contribution in [2.75, 3.05) is 18.0 Å². The summed E-state index contributed by atoms with van der Waals surface area (Å²) in [5.74, 6) is 0. The summed E-state index contributed by atoms with van der Waals surface area (Å²) in [5, 5.41) is 0. The molecule has 0 unspecified atom stereocenters. The number of piperidine rings is 1. The number of rotatable bonds is 1. The number of aromatic amines is 1. The van der Waals surface area contributed by atoms with Gasteiger partial charge in [0.1, 0.15) is 0 Å². The number of H-pyrrole nitrogens is 1. The molecule has 0 radical (unpaired) electrons. The highest BCUT2D eigenvalue weighted by Gasteiger charge is 2.12. The fourth-order valence-electron chi connectivity index (χ4n) is 2.56. The van der Waals surface area contributed by atoms with Gasteiger partial charge in [0.15, 0.2) is 0 Å². The van der Waals surface area contributed by atoms with Gasteiger partial charge in [-0.25, -0.2) is 4.79 Å². The lowest BCUT2D eigenvalue weighted by atomic mass is 10.1. The second kappa shape index (κ2) is 3.95. The van der Waals surface area contributed by atoms with Crippen molar-refractivity contribution in [1.29, 1.82) is 0 Å². The zero-order valence-electron chi connectivity index (χ0n) is 10.1. The second-order valence-corrected chi connectivity index (χ2v) is 4.74. The van der Waals surface area contributed by atoms with E-state index in [1.165, 1.54) is 24.9 Å². The molecule has 4 nitrogen and oxygen atoms in total. The SMILES string of the molecule is Cn1c(=O)[nH]c2ccc(N3CCCCC3)cc21. The summed E-state index contributed by atoms with van der Waals surface area (Å²) in [6.07, 6.45) is 3.87. The third kappa shape index (κ3) is 1.73. The fourth-order valence-corrected chi connectivity index (χ4v) is 2.56. The molecule has 1 saturated heterocycles. The molecule has 0 spiro atoms. The van der Waals surface area contributed by atoms with Crippen molar-refractivity contribution in [2.45, 2.75) is 19.3 Å². The van der Waals surface area contributed by atoms with E-state index < -0.39 is 0 Å². The third-order valence-corrected chi connectivity index (χ3v) is 3.61. The van der Waals surface area contributed by atoms with Crippen LogP contribution in [0.2, 0.25) is 0 Å². The first kappa shape index (κ1) is 10.4. The number of hydrogen-bond acceptors (Lipinski definition) is 2. The minimum atomic E-state index is -0.0456. The highest BCUT2D eigenvalue weighted by Crippen LogP contribution is 2.23. The Bertz CT molecular complexity index is 590. The minimum absolute atomic E-state index is 0.0456. The van der Waals surface area contributed by atoms with Gasteiger partial charge < -0.3 is 9.88 Å². The van der Waals surface area contributed by atoms with E-state index in [-0.39, 0.29) is 5.69 Å². The Morgan fingerprint density at radius 3 is 2.71 bits per heavy atom. The van der Waals surface area contributed by atoms with Crippen molar-refractivity contribution in [3.8, 4) is 0 Å². The molecule has 0 aliphatic carbocycles. The van der Waals surface area contributed by atoms with Crippen molar-refractivity contribution in [3.05, 3.63) is 28.7 Å². The predicted molar refractivity (Wildman–Crippen MR) is 69.6 cm³/mol. The van der Waals surface area contributed by atoms with E-state index in [0.29, 0.717) is 0 Å². The molecule has 0 saturated carbocycles. The van der Waals surface area contributed by atoms with Crippen molar-refractivity contribution in [1.82, 2.24) is 9.55 Å². The van der Waals surface area contributed by atoms with Crippen LogP contribution >= 0.6 is 0 Å². The van der Waals surface area contributed by atoms with Gasteiger partial charge in [-0.3, -0.25) is 4.57 Å². The Hall–Kier alpha value is -1.71. The molecule has 0 atom stereocenters. The van der Waals surface area contributed by atoms with E-state index >= 15 is 0 Å². The summed E-state index contributed by atoms with van der Waals surface area (Å²) in [4.78, 5) is 16.8. The number of imidazole rings is 1. The number of aromatic nitrogens is 2. The normalized spacial score (nSPS) is 16.6. The molecule has 1 fully saturated rings. The van der Waals surface area contributed by atoms with E-state index in [1.807, 2.05) is 6.07 Å². The fraction of sp³-hybridized carbons (Fsp3) is 0.462. The predicted octanol–water partition coefficient (Wildman–Crippen LogP) is 1.86.